The van der Waals surface area contributed by atoms with Gasteiger partial charge in [0.1, 0.15) is 0 Å². The number of hydrogen-bond acceptors (Lipinski definition) is 3. The lowest BCUT2D eigenvalue weighted by molar-refractivity contribution is -0.126. The number of carbonyl (C=O) groups is 1. The fourth-order valence-corrected chi connectivity index (χ4v) is 4.92. The van der Waals surface area contributed by atoms with Gasteiger partial charge in [-0.15, -0.1) is 0 Å². The number of benzene rings is 3. The van der Waals surface area contributed by atoms with E-state index >= 15 is 0 Å². The zero-order chi connectivity index (χ0) is 23.9. The van der Waals surface area contributed by atoms with Crippen molar-refractivity contribution < 1.29 is 4.79 Å². The number of aromatic nitrogens is 2. The number of likely N-dealkylation sites (tertiary alicyclic amines) is 1. The number of piperidine rings is 1. The van der Waals surface area contributed by atoms with Crippen LogP contribution in [0.1, 0.15) is 29.5 Å². The van der Waals surface area contributed by atoms with E-state index in [2.05, 4.69) is 86.5 Å². The molecule has 1 aliphatic heterocycles. The van der Waals surface area contributed by atoms with Crippen LogP contribution in [0.5, 0.6) is 0 Å². The highest BCUT2D eigenvalue weighted by Gasteiger charge is 2.25. The average molecular weight is 465 g/mol. The maximum atomic E-state index is 13.1. The van der Waals surface area contributed by atoms with E-state index in [4.69, 9.17) is 0 Å². The van der Waals surface area contributed by atoms with Crippen molar-refractivity contribution in [3.05, 3.63) is 114 Å². The molecule has 1 atom stereocenters. The zero-order valence-corrected chi connectivity index (χ0v) is 20.0. The fraction of sp³-hybridized carbons (Fsp3) is 0.267. The molecule has 1 fully saturated rings. The number of imidazole rings is 1. The maximum absolute atomic E-state index is 13.1. The van der Waals surface area contributed by atoms with Gasteiger partial charge >= 0.3 is 0 Å². The Morgan fingerprint density at radius 3 is 2.49 bits per heavy atom. The monoisotopic (exact) mass is 464 g/mol. The van der Waals surface area contributed by atoms with E-state index in [9.17, 15) is 4.79 Å². The molecule has 0 spiro atoms. The predicted molar refractivity (Wildman–Crippen MR) is 139 cm³/mol. The number of nitrogens with one attached hydrogen (secondary N) is 1. The molecule has 0 saturated carbocycles. The van der Waals surface area contributed by atoms with Crippen molar-refractivity contribution in [2.75, 3.05) is 13.1 Å². The van der Waals surface area contributed by atoms with Gasteiger partial charge in [0.2, 0.25) is 5.91 Å². The van der Waals surface area contributed by atoms with Crippen molar-refractivity contribution in [1.82, 2.24) is 19.8 Å². The molecular formula is C30H32N4O. The first kappa shape index (κ1) is 23.1. The smallest absolute Gasteiger partial charge is 0.224 e. The van der Waals surface area contributed by atoms with Gasteiger partial charge in [0.25, 0.3) is 0 Å². The van der Waals surface area contributed by atoms with Crippen LogP contribution in [0.3, 0.4) is 0 Å². The number of rotatable bonds is 8. The van der Waals surface area contributed by atoms with Gasteiger partial charge in [0.15, 0.2) is 0 Å². The van der Waals surface area contributed by atoms with Crippen LogP contribution in [0.4, 0.5) is 0 Å². The Bertz CT molecular complexity index is 1220. The molecule has 5 nitrogen and oxygen atoms in total. The number of amides is 1. The Kier molecular flexibility index (Phi) is 7.35. The summed E-state index contributed by atoms with van der Waals surface area (Å²) in [7, 11) is 0. The maximum Gasteiger partial charge on any atom is 0.224 e. The third-order valence-corrected chi connectivity index (χ3v) is 6.79. The summed E-state index contributed by atoms with van der Waals surface area (Å²) in [5, 5.41) is 3.23. The van der Waals surface area contributed by atoms with Crippen molar-refractivity contribution in [2.45, 2.75) is 32.5 Å². The topological polar surface area (TPSA) is 50.2 Å². The Labute approximate surface area is 207 Å². The van der Waals surface area contributed by atoms with E-state index in [0.29, 0.717) is 6.54 Å². The van der Waals surface area contributed by atoms with Gasteiger partial charge in [-0.1, -0.05) is 78.9 Å². The highest BCUT2D eigenvalue weighted by molar-refractivity contribution is 5.79. The van der Waals surface area contributed by atoms with Gasteiger partial charge in [0, 0.05) is 38.6 Å². The molecule has 4 aromatic rings. The molecule has 0 aliphatic carbocycles. The minimum Gasteiger partial charge on any atom is -0.352 e. The molecule has 1 saturated heterocycles. The molecule has 0 radical (unpaired) electrons. The normalized spacial score (nSPS) is 16.2. The van der Waals surface area contributed by atoms with Crippen LogP contribution in [-0.2, 0) is 24.4 Å². The van der Waals surface area contributed by atoms with Gasteiger partial charge in [0.05, 0.1) is 12.2 Å². The summed E-state index contributed by atoms with van der Waals surface area (Å²) < 4.78 is 2.06. The first-order valence-corrected chi connectivity index (χ1v) is 12.4. The van der Waals surface area contributed by atoms with E-state index in [0.717, 1.165) is 55.7 Å². The van der Waals surface area contributed by atoms with Gasteiger partial charge < -0.3 is 9.88 Å². The summed E-state index contributed by atoms with van der Waals surface area (Å²) >= 11 is 0. The molecule has 1 N–H and O–H groups in total. The highest BCUT2D eigenvalue weighted by Crippen LogP contribution is 2.25. The average Bonchev–Trinajstić information content (AvgIpc) is 3.42. The quantitative estimate of drug-likeness (QED) is 0.393. The first-order valence-electron chi connectivity index (χ1n) is 12.4. The number of nitrogens with zero attached hydrogens (tertiary/aromatic N) is 3. The minimum atomic E-state index is 0.0436. The minimum absolute atomic E-state index is 0.0436. The van der Waals surface area contributed by atoms with Gasteiger partial charge in [-0.3, -0.25) is 9.69 Å². The summed E-state index contributed by atoms with van der Waals surface area (Å²) in [6, 6.07) is 27.5. The molecule has 1 aliphatic rings. The molecule has 1 amide bonds. The van der Waals surface area contributed by atoms with E-state index in [1.165, 1.54) is 11.1 Å². The first-order chi connectivity index (χ1) is 17.2. The van der Waals surface area contributed by atoms with E-state index in [1.807, 2.05) is 24.7 Å². The Balaban J connectivity index is 1.20. The van der Waals surface area contributed by atoms with Crippen molar-refractivity contribution >= 4 is 5.91 Å². The van der Waals surface area contributed by atoms with E-state index < -0.39 is 0 Å². The molecular weight excluding hydrogens is 432 g/mol. The van der Waals surface area contributed by atoms with Crippen molar-refractivity contribution in [1.29, 1.82) is 0 Å². The third kappa shape index (κ3) is 6.06. The standard InChI is InChI=1S/C30H32N4O/c35-30(28-10-6-17-33(22-28)20-24-7-2-1-3-8-24)32-19-27-9-4-5-11-29(27)26-14-12-25(13-15-26)21-34-18-16-31-23-34/h1-5,7-9,11-16,18,23,28H,6,10,17,19-22H2,(H,32,35). The van der Waals surface area contributed by atoms with Crippen molar-refractivity contribution in [3.8, 4) is 11.1 Å². The summed E-state index contributed by atoms with van der Waals surface area (Å²) in [5.74, 6) is 0.204. The van der Waals surface area contributed by atoms with Crippen molar-refractivity contribution in [3.63, 3.8) is 0 Å². The number of hydrogen-bond donors (Lipinski definition) is 1. The third-order valence-electron chi connectivity index (χ3n) is 6.79. The van der Waals surface area contributed by atoms with Crippen LogP contribution in [0.25, 0.3) is 11.1 Å². The lowest BCUT2D eigenvalue weighted by Gasteiger charge is -2.32. The number of carbonyl (C=O) groups excluding carboxylic acids is 1. The Morgan fingerprint density at radius 2 is 1.69 bits per heavy atom. The molecule has 5 rings (SSSR count). The second-order valence-electron chi connectivity index (χ2n) is 9.37. The van der Waals surface area contributed by atoms with Gasteiger partial charge in [-0.05, 0) is 47.2 Å². The van der Waals surface area contributed by atoms with E-state index in [1.54, 1.807) is 6.20 Å². The van der Waals surface area contributed by atoms with Crippen LogP contribution in [0.2, 0.25) is 0 Å². The largest absolute Gasteiger partial charge is 0.352 e. The SMILES string of the molecule is O=C(NCc1ccccc1-c1ccc(Cn2ccnc2)cc1)C1CCCN(Cc2ccccc2)C1. The summed E-state index contributed by atoms with van der Waals surface area (Å²) in [4.78, 5) is 19.6. The second-order valence-corrected chi connectivity index (χ2v) is 9.37. The van der Waals surface area contributed by atoms with Crippen LogP contribution >= 0.6 is 0 Å². The molecule has 35 heavy (non-hydrogen) atoms. The van der Waals surface area contributed by atoms with Crippen LogP contribution in [-0.4, -0.2) is 33.4 Å². The van der Waals surface area contributed by atoms with Gasteiger partial charge in [-0.25, -0.2) is 4.98 Å². The summed E-state index contributed by atoms with van der Waals surface area (Å²) in [6.07, 6.45) is 7.62. The Morgan fingerprint density at radius 1 is 0.914 bits per heavy atom. The summed E-state index contributed by atoms with van der Waals surface area (Å²) in [6.45, 7) is 4.13. The molecule has 1 aromatic heterocycles. The summed E-state index contributed by atoms with van der Waals surface area (Å²) in [5.41, 5.74) is 6.00. The fourth-order valence-electron chi connectivity index (χ4n) is 4.92. The second kappa shape index (κ2) is 11.2. The molecule has 5 heteroatoms. The van der Waals surface area contributed by atoms with E-state index in [-0.39, 0.29) is 11.8 Å². The molecule has 3 aromatic carbocycles. The highest BCUT2D eigenvalue weighted by atomic mass is 16.1. The predicted octanol–water partition coefficient (Wildman–Crippen LogP) is 5.13. The molecule has 0 bridgehead atoms. The van der Waals surface area contributed by atoms with Crippen LogP contribution in [0.15, 0.2) is 97.6 Å². The van der Waals surface area contributed by atoms with Crippen LogP contribution < -0.4 is 5.32 Å². The lowest BCUT2D eigenvalue weighted by atomic mass is 9.95. The molecule has 2 heterocycles. The molecule has 1 unspecified atom stereocenters. The Hall–Kier alpha value is -3.70. The van der Waals surface area contributed by atoms with Gasteiger partial charge in [-0.2, -0.15) is 0 Å². The van der Waals surface area contributed by atoms with Crippen molar-refractivity contribution in [2.24, 2.45) is 5.92 Å². The van der Waals surface area contributed by atoms with Crippen LogP contribution in [0, 0.1) is 5.92 Å². The zero-order valence-electron chi connectivity index (χ0n) is 20.0. The molecule has 178 valence electrons. The lowest BCUT2D eigenvalue weighted by Crippen LogP contribution is -2.42.